The minimum absolute atomic E-state index is 0.359. The molecule has 1 aromatic rings. The average molecular weight is 231 g/mol. The second-order valence-electron chi connectivity index (χ2n) is 5.59. The maximum absolute atomic E-state index is 9.52. The van der Waals surface area contributed by atoms with Crippen molar-refractivity contribution in [2.45, 2.75) is 44.8 Å². The number of anilines is 1. The second-order valence-corrected chi connectivity index (χ2v) is 5.59. The highest BCUT2D eigenvalue weighted by Gasteiger charge is 2.33. The van der Waals surface area contributed by atoms with Gasteiger partial charge >= 0.3 is 0 Å². The zero-order valence-corrected chi connectivity index (χ0v) is 10.5. The monoisotopic (exact) mass is 231 g/mol. The SMILES string of the molecule is CC(O)c1ccc(N(CC2CC2)C2CC2)cc1. The summed E-state index contributed by atoms with van der Waals surface area (Å²) >= 11 is 0. The number of rotatable bonds is 5. The molecular formula is C15H21NO. The molecule has 0 aromatic heterocycles. The van der Waals surface area contributed by atoms with Crippen LogP contribution in [0.5, 0.6) is 0 Å². The fourth-order valence-corrected chi connectivity index (χ4v) is 2.37. The van der Waals surface area contributed by atoms with Crippen LogP contribution in [0.2, 0.25) is 0 Å². The topological polar surface area (TPSA) is 23.5 Å². The number of hydrogen-bond acceptors (Lipinski definition) is 2. The molecule has 2 aliphatic rings. The first-order valence-electron chi connectivity index (χ1n) is 6.78. The van der Waals surface area contributed by atoms with Gasteiger partial charge in [0, 0.05) is 18.3 Å². The van der Waals surface area contributed by atoms with Crippen LogP contribution in [0.4, 0.5) is 5.69 Å². The van der Waals surface area contributed by atoms with Crippen LogP contribution in [0.15, 0.2) is 24.3 Å². The lowest BCUT2D eigenvalue weighted by atomic mass is 10.1. The molecule has 0 heterocycles. The quantitative estimate of drug-likeness (QED) is 0.841. The van der Waals surface area contributed by atoms with Gasteiger partial charge < -0.3 is 10.0 Å². The first kappa shape index (κ1) is 11.1. The maximum atomic E-state index is 9.52. The molecule has 1 N–H and O–H groups in total. The number of aliphatic hydroxyl groups excluding tert-OH is 1. The Labute approximate surface area is 103 Å². The van der Waals surface area contributed by atoms with Crippen molar-refractivity contribution >= 4 is 5.69 Å². The van der Waals surface area contributed by atoms with Gasteiger partial charge in [0.25, 0.3) is 0 Å². The lowest BCUT2D eigenvalue weighted by Gasteiger charge is -2.25. The summed E-state index contributed by atoms with van der Waals surface area (Å²) in [7, 11) is 0. The van der Waals surface area contributed by atoms with E-state index in [1.807, 2.05) is 6.92 Å². The van der Waals surface area contributed by atoms with Crippen molar-refractivity contribution in [1.82, 2.24) is 0 Å². The number of hydrogen-bond donors (Lipinski definition) is 1. The molecule has 0 bridgehead atoms. The van der Waals surface area contributed by atoms with Gasteiger partial charge in [0.05, 0.1) is 6.10 Å². The molecule has 0 spiro atoms. The van der Waals surface area contributed by atoms with Crippen molar-refractivity contribution in [2.24, 2.45) is 5.92 Å². The molecule has 92 valence electrons. The first-order valence-corrected chi connectivity index (χ1v) is 6.78. The molecule has 1 atom stereocenters. The summed E-state index contributed by atoms with van der Waals surface area (Å²) in [6.07, 6.45) is 5.17. The molecule has 0 saturated heterocycles. The van der Waals surface area contributed by atoms with Crippen LogP contribution in [0.1, 0.15) is 44.3 Å². The summed E-state index contributed by atoms with van der Waals surface area (Å²) in [5.74, 6) is 0.937. The highest BCUT2D eigenvalue weighted by Crippen LogP contribution is 2.37. The van der Waals surface area contributed by atoms with E-state index in [0.29, 0.717) is 0 Å². The Morgan fingerprint density at radius 3 is 2.29 bits per heavy atom. The van der Waals surface area contributed by atoms with Gasteiger partial charge in [-0.3, -0.25) is 0 Å². The molecule has 3 rings (SSSR count). The predicted octanol–water partition coefficient (Wildman–Crippen LogP) is 3.12. The van der Waals surface area contributed by atoms with Gasteiger partial charge in [-0.15, -0.1) is 0 Å². The number of benzene rings is 1. The molecule has 2 heteroatoms. The third-order valence-electron chi connectivity index (χ3n) is 3.85. The van der Waals surface area contributed by atoms with Crippen LogP contribution in [-0.4, -0.2) is 17.7 Å². The highest BCUT2D eigenvalue weighted by molar-refractivity contribution is 5.50. The Bertz CT molecular complexity index is 376. The van der Waals surface area contributed by atoms with E-state index in [-0.39, 0.29) is 6.10 Å². The Morgan fingerprint density at radius 1 is 1.18 bits per heavy atom. The Hall–Kier alpha value is -1.02. The third kappa shape index (κ3) is 2.63. The van der Waals surface area contributed by atoms with Crippen molar-refractivity contribution in [3.8, 4) is 0 Å². The summed E-state index contributed by atoms with van der Waals surface area (Å²) in [5.41, 5.74) is 2.35. The van der Waals surface area contributed by atoms with E-state index < -0.39 is 0 Å². The predicted molar refractivity (Wildman–Crippen MR) is 70.2 cm³/mol. The smallest absolute Gasteiger partial charge is 0.0761 e. The molecule has 1 aromatic carbocycles. The number of nitrogens with zero attached hydrogens (tertiary/aromatic N) is 1. The van der Waals surface area contributed by atoms with E-state index in [1.54, 1.807) is 0 Å². The van der Waals surface area contributed by atoms with E-state index in [2.05, 4.69) is 29.2 Å². The van der Waals surface area contributed by atoms with E-state index in [1.165, 1.54) is 37.9 Å². The molecule has 0 amide bonds. The van der Waals surface area contributed by atoms with E-state index in [0.717, 1.165) is 17.5 Å². The lowest BCUT2D eigenvalue weighted by Crippen LogP contribution is -2.27. The molecular weight excluding hydrogens is 210 g/mol. The van der Waals surface area contributed by atoms with Gasteiger partial charge in [-0.05, 0) is 56.2 Å². The molecule has 2 aliphatic carbocycles. The average Bonchev–Trinajstić information content (AvgIpc) is 3.18. The van der Waals surface area contributed by atoms with Crippen molar-refractivity contribution in [3.63, 3.8) is 0 Å². The van der Waals surface area contributed by atoms with Crippen molar-refractivity contribution < 1.29 is 5.11 Å². The lowest BCUT2D eigenvalue weighted by molar-refractivity contribution is 0.199. The van der Waals surface area contributed by atoms with Crippen LogP contribution >= 0.6 is 0 Å². The number of aliphatic hydroxyl groups is 1. The Morgan fingerprint density at radius 2 is 1.82 bits per heavy atom. The zero-order chi connectivity index (χ0) is 11.8. The summed E-state index contributed by atoms with van der Waals surface area (Å²) in [4.78, 5) is 2.57. The normalized spacial score (nSPS) is 21.3. The van der Waals surface area contributed by atoms with Crippen LogP contribution in [0, 0.1) is 5.92 Å². The molecule has 2 nitrogen and oxygen atoms in total. The van der Waals surface area contributed by atoms with Gasteiger partial charge in [0.15, 0.2) is 0 Å². The molecule has 2 saturated carbocycles. The molecule has 1 unspecified atom stereocenters. The summed E-state index contributed by atoms with van der Waals surface area (Å²) in [6, 6.07) is 9.24. The van der Waals surface area contributed by atoms with E-state index >= 15 is 0 Å². The van der Waals surface area contributed by atoms with Crippen LogP contribution in [0.25, 0.3) is 0 Å². The molecule has 0 radical (unpaired) electrons. The highest BCUT2D eigenvalue weighted by atomic mass is 16.3. The van der Waals surface area contributed by atoms with Gasteiger partial charge in [0.1, 0.15) is 0 Å². The van der Waals surface area contributed by atoms with E-state index in [9.17, 15) is 5.11 Å². The van der Waals surface area contributed by atoms with Crippen LogP contribution < -0.4 is 4.90 Å². The summed E-state index contributed by atoms with van der Waals surface area (Å²) in [6.45, 7) is 3.05. The Balaban J connectivity index is 1.75. The Kier molecular flexibility index (Phi) is 2.83. The van der Waals surface area contributed by atoms with Gasteiger partial charge in [-0.2, -0.15) is 0 Å². The third-order valence-corrected chi connectivity index (χ3v) is 3.85. The minimum Gasteiger partial charge on any atom is -0.389 e. The van der Waals surface area contributed by atoms with E-state index in [4.69, 9.17) is 0 Å². The van der Waals surface area contributed by atoms with Gasteiger partial charge in [-0.25, -0.2) is 0 Å². The van der Waals surface area contributed by atoms with Crippen molar-refractivity contribution in [3.05, 3.63) is 29.8 Å². The van der Waals surface area contributed by atoms with Gasteiger partial charge in [-0.1, -0.05) is 12.1 Å². The van der Waals surface area contributed by atoms with Crippen LogP contribution in [0.3, 0.4) is 0 Å². The van der Waals surface area contributed by atoms with Crippen molar-refractivity contribution in [1.29, 1.82) is 0 Å². The fraction of sp³-hybridized carbons (Fsp3) is 0.600. The van der Waals surface area contributed by atoms with Crippen molar-refractivity contribution in [2.75, 3.05) is 11.4 Å². The van der Waals surface area contributed by atoms with Gasteiger partial charge in [0.2, 0.25) is 0 Å². The molecule has 17 heavy (non-hydrogen) atoms. The van der Waals surface area contributed by atoms with Crippen LogP contribution in [-0.2, 0) is 0 Å². The second kappa shape index (κ2) is 4.34. The largest absolute Gasteiger partial charge is 0.389 e. The summed E-state index contributed by atoms with van der Waals surface area (Å²) < 4.78 is 0. The fourth-order valence-electron chi connectivity index (χ4n) is 2.37. The first-order chi connectivity index (χ1) is 8.24. The maximum Gasteiger partial charge on any atom is 0.0761 e. The zero-order valence-electron chi connectivity index (χ0n) is 10.5. The molecule has 2 fully saturated rings. The summed E-state index contributed by atoms with van der Waals surface area (Å²) in [5, 5.41) is 9.52. The standard InChI is InChI=1S/C15H21NO/c1-11(17)13-4-6-14(7-5-13)16(15-8-9-15)10-12-2-3-12/h4-7,11-12,15,17H,2-3,8-10H2,1H3. The molecule has 0 aliphatic heterocycles. The minimum atomic E-state index is -0.359.